The van der Waals surface area contributed by atoms with E-state index in [0.717, 1.165) is 0 Å². The van der Waals surface area contributed by atoms with Crippen LogP contribution in [0.5, 0.6) is 0 Å². The Labute approximate surface area is 124 Å². The van der Waals surface area contributed by atoms with Gasteiger partial charge in [0.05, 0.1) is 20.9 Å². The van der Waals surface area contributed by atoms with E-state index in [9.17, 15) is 4.39 Å². The van der Waals surface area contributed by atoms with Gasteiger partial charge < -0.3 is 0 Å². The number of hydrogen-bond acceptors (Lipinski definition) is 0. The summed E-state index contributed by atoms with van der Waals surface area (Å²) in [6.07, 6.45) is 0. The topological polar surface area (TPSA) is 0 Å². The molecule has 0 saturated heterocycles. The summed E-state index contributed by atoms with van der Waals surface area (Å²) >= 11 is 23.5. The zero-order valence-corrected chi connectivity index (χ0v) is 12.0. The Balaban J connectivity index is 2.56. The molecular weight excluding hydrogens is 317 g/mol. The first-order valence-electron chi connectivity index (χ1n) is 5.03. The molecule has 5 heteroatoms. The Hall–Kier alpha value is -0.470. The minimum absolute atomic E-state index is 0.126. The summed E-state index contributed by atoms with van der Waals surface area (Å²) in [6, 6.07) is 8.07. The molecule has 0 aliphatic heterocycles. The van der Waals surface area contributed by atoms with E-state index >= 15 is 0 Å². The Bertz CT molecular complexity index is 596. The smallest absolute Gasteiger partial charge is 0.128 e. The first kappa shape index (κ1) is 14.0. The van der Waals surface area contributed by atoms with Gasteiger partial charge in [-0.05, 0) is 17.7 Å². The van der Waals surface area contributed by atoms with Gasteiger partial charge in [-0.2, -0.15) is 0 Å². The molecule has 0 fully saturated rings. The number of rotatable bonds is 2. The lowest BCUT2D eigenvalue weighted by Crippen LogP contribution is -1.88. The van der Waals surface area contributed by atoms with Crippen LogP contribution in [-0.2, 0) is 5.88 Å². The molecule has 0 unspecified atom stereocenters. The predicted molar refractivity (Wildman–Crippen MR) is 76.4 cm³/mol. The molecule has 0 aliphatic carbocycles. The SMILES string of the molecule is Fc1cc(-c2ccc(Cl)c(Cl)c2Cl)ccc1CCl. The Morgan fingerprint density at radius 1 is 0.944 bits per heavy atom. The standard InChI is InChI=1S/C13H7Cl4F/c14-6-8-2-1-7(5-11(8)18)9-3-4-10(15)13(17)12(9)16/h1-5H,6H2. The molecule has 0 spiro atoms. The highest BCUT2D eigenvalue weighted by Gasteiger charge is 2.12. The van der Waals surface area contributed by atoms with Gasteiger partial charge in [-0.1, -0.05) is 53.0 Å². The van der Waals surface area contributed by atoms with E-state index in [0.29, 0.717) is 26.7 Å². The summed E-state index contributed by atoms with van der Waals surface area (Å²) in [5.74, 6) is -0.244. The van der Waals surface area contributed by atoms with E-state index in [1.807, 2.05) is 0 Å². The van der Waals surface area contributed by atoms with Crippen LogP contribution in [0, 0.1) is 5.82 Å². The number of alkyl halides is 1. The van der Waals surface area contributed by atoms with Crippen molar-refractivity contribution in [1.29, 1.82) is 0 Å². The van der Waals surface area contributed by atoms with Crippen LogP contribution >= 0.6 is 46.4 Å². The van der Waals surface area contributed by atoms with E-state index in [2.05, 4.69) is 0 Å². The zero-order chi connectivity index (χ0) is 13.3. The fourth-order valence-electron chi connectivity index (χ4n) is 1.57. The summed E-state index contributed by atoms with van der Waals surface area (Å²) in [6.45, 7) is 0. The van der Waals surface area contributed by atoms with Crippen molar-refractivity contribution < 1.29 is 4.39 Å². The molecular formula is C13H7Cl4F. The maximum absolute atomic E-state index is 13.7. The Kier molecular flexibility index (Phi) is 4.39. The molecule has 2 aromatic rings. The lowest BCUT2D eigenvalue weighted by atomic mass is 10.0. The van der Waals surface area contributed by atoms with Crippen molar-refractivity contribution in [3.05, 3.63) is 56.8 Å². The van der Waals surface area contributed by atoms with Gasteiger partial charge in [0, 0.05) is 11.1 Å². The van der Waals surface area contributed by atoms with E-state index in [-0.39, 0.29) is 16.7 Å². The summed E-state index contributed by atoms with van der Waals surface area (Å²) in [5, 5.41) is 0.933. The monoisotopic (exact) mass is 322 g/mol. The fourth-order valence-corrected chi connectivity index (χ4v) is 2.43. The normalized spacial score (nSPS) is 10.7. The maximum Gasteiger partial charge on any atom is 0.128 e. The second kappa shape index (κ2) is 5.66. The summed E-state index contributed by atoms with van der Waals surface area (Å²) in [4.78, 5) is 0. The largest absolute Gasteiger partial charge is 0.207 e. The third-order valence-electron chi connectivity index (χ3n) is 2.54. The van der Waals surface area contributed by atoms with Gasteiger partial charge in [0.15, 0.2) is 0 Å². The molecule has 18 heavy (non-hydrogen) atoms. The molecule has 0 saturated carbocycles. The van der Waals surface area contributed by atoms with Gasteiger partial charge in [-0.3, -0.25) is 0 Å². The fraction of sp³-hybridized carbons (Fsp3) is 0.0769. The van der Waals surface area contributed by atoms with E-state index in [1.165, 1.54) is 6.07 Å². The Morgan fingerprint density at radius 2 is 1.67 bits per heavy atom. The third kappa shape index (κ3) is 2.60. The summed E-state index contributed by atoms with van der Waals surface area (Å²) in [7, 11) is 0. The molecule has 2 rings (SSSR count). The zero-order valence-electron chi connectivity index (χ0n) is 8.98. The van der Waals surface area contributed by atoms with Gasteiger partial charge in [0.2, 0.25) is 0 Å². The van der Waals surface area contributed by atoms with E-state index < -0.39 is 0 Å². The minimum atomic E-state index is -0.371. The second-order valence-electron chi connectivity index (χ2n) is 3.66. The van der Waals surface area contributed by atoms with Crippen LogP contribution in [0.1, 0.15) is 5.56 Å². The molecule has 0 heterocycles. The van der Waals surface area contributed by atoms with Gasteiger partial charge in [0.1, 0.15) is 5.82 Å². The average Bonchev–Trinajstić information content (AvgIpc) is 2.36. The van der Waals surface area contributed by atoms with Gasteiger partial charge in [-0.15, -0.1) is 11.6 Å². The number of halogens is 5. The van der Waals surface area contributed by atoms with Gasteiger partial charge in [-0.25, -0.2) is 4.39 Å². The van der Waals surface area contributed by atoms with Crippen molar-refractivity contribution in [3.8, 4) is 11.1 Å². The van der Waals surface area contributed by atoms with Crippen molar-refractivity contribution in [1.82, 2.24) is 0 Å². The van der Waals surface area contributed by atoms with Crippen LogP contribution in [0.15, 0.2) is 30.3 Å². The van der Waals surface area contributed by atoms with Gasteiger partial charge in [0.25, 0.3) is 0 Å². The first-order chi connectivity index (χ1) is 8.54. The molecule has 0 radical (unpaired) electrons. The van der Waals surface area contributed by atoms with Gasteiger partial charge >= 0.3 is 0 Å². The van der Waals surface area contributed by atoms with Crippen molar-refractivity contribution in [3.63, 3.8) is 0 Å². The Morgan fingerprint density at radius 3 is 2.28 bits per heavy atom. The van der Waals surface area contributed by atoms with Crippen LogP contribution in [0.4, 0.5) is 4.39 Å². The lowest BCUT2D eigenvalue weighted by Gasteiger charge is -2.08. The molecule has 0 amide bonds. The predicted octanol–water partition coefficient (Wildman–Crippen LogP) is 6.19. The molecule has 2 aromatic carbocycles. The van der Waals surface area contributed by atoms with Crippen molar-refractivity contribution in [2.75, 3.05) is 0 Å². The first-order valence-corrected chi connectivity index (χ1v) is 6.69. The van der Waals surface area contributed by atoms with Crippen molar-refractivity contribution in [2.45, 2.75) is 5.88 Å². The quantitative estimate of drug-likeness (QED) is 0.456. The third-order valence-corrected chi connectivity index (χ3v) is 4.12. The number of benzene rings is 2. The number of hydrogen-bond donors (Lipinski definition) is 0. The van der Waals surface area contributed by atoms with E-state index in [1.54, 1.807) is 24.3 Å². The second-order valence-corrected chi connectivity index (χ2v) is 5.09. The highest BCUT2D eigenvalue weighted by Crippen LogP contribution is 2.38. The molecule has 0 atom stereocenters. The van der Waals surface area contributed by atoms with Crippen LogP contribution in [0.3, 0.4) is 0 Å². The highest BCUT2D eigenvalue weighted by molar-refractivity contribution is 6.49. The molecule has 0 nitrogen and oxygen atoms in total. The molecule has 0 aliphatic rings. The molecule has 0 aromatic heterocycles. The van der Waals surface area contributed by atoms with E-state index in [4.69, 9.17) is 46.4 Å². The average molecular weight is 324 g/mol. The summed E-state index contributed by atoms with van der Waals surface area (Å²) in [5.41, 5.74) is 1.70. The van der Waals surface area contributed by atoms with Crippen LogP contribution in [0.2, 0.25) is 15.1 Å². The minimum Gasteiger partial charge on any atom is -0.207 e. The molecule has 0 N–H and O–H groups in total. The maximum atomic E-state index is 13.7. The van der Waals surface area contributed by atoms with Crippen molar-refractivity contribution >= 4 is 46.4 Å². The van der Waals surface area contributed by atoms with Crippen LogP contribution < -0.4 is 0 Å². The molecule has 94 valence electrons. The van der Waals surface area contributed by atoms with Crippen molar-refractivity contribution in [2.24, 2.45) is 0 Å². The summed E-state index contributed by atoms with van der Waals surface area (Å²) < 4.78 is 13.7. The highest BCUT2D eigenvalue weighted by atomic mass is 35.5. The lowest BCUT2D eigenvalue weighted by molar-refractivity contribution is 0.617. The van der Waals surface area contributed by atoms with Crippen LogP contribution in [-0.4, -0.2) is 0 Å². The van der Waals surface area contributed by atoms with Crippen LogP contribution in [0.25, 0.3) is 11.1 Å². The molecule has 0 bridgehead atoms.